The van der Waals surface area contributed by atoms with Crippen LogP contribution in [0.15, 0.2) is 53.4 Å². The predicted octanol–water partition coefficient (Wildman–Crippen LogP) is 5.03. The largest absolute Gasteiger partial charge is 0.443 e. The third-order valence-corrected chi connectivity index (χ3v) is 7.61. The second-order valence-electron chi connectivity index (χ2n) is 11.3. The smallest absolute Gasteiger partial charge is 0.416 e. The lowest BCUT2D eigenvalue weighted by Gasteiger charge is -2.26. The Hall–Kier alpha value is -4.50. The molecule has 0 bridgehead atoms. The zero-order valence-corrected chi connectivity index (χ0v) is 22.7. The number of ether oxygens (including phenoxy) is 3. The number of carbonyl (C=O) groups is 2. The standard InChI is InChI=1S/C29H28FN5O6/c1-28(2,3)41-27(37)35(25-9-10-39-33-25)14-19-13-34(26(36)40-19)18-6-7-20(23(30)11-18)17-5-8-24(32-12-17)29(31-4)21-15-38-16-22(21)29/h5-12,19,21-22H,13-16H2,1-3H3/t19-,21-,22+,29?/m1/s1. The van der Waals surface area contributed by atoms with E-state index in [9.17, 15) is 9.59 Å². The summed E-state index contributed by atoms with van der Waals surface area (Å²) in [6.45, 7) is 14.1. The van der Waals surface area contributed by atoms with Crippen molar-refractivity contribution in [3.05, 3.63) is 71.8 Å². The number of anilines is 2. The lowest BCUT2D eigenvalue weighted by Crippen LogP contribution is -2.42. The van der Waals surface area contributed by atoms with Crippen molar-refractivity contribution in [2.75, 3.05) is 36.1 Å². The van der Waals surface area contributed by atoms with Gasteiger partial charge in [0, 0.05) is 23.4 Å². The van der Waals surface area contributed by atoms with Gasteiger partial charge in [0.2, 0.25) is 0 Å². The number of aromatic nitrogens is 2. The normalized spacial score (nSPS) is 24.9. The first-order chi connectivity index (χ1) is 19.6. The van der Waals surface area contributed by atoms with E-state index in [1.807, 2.05) is 0 Å². The van der Waals surface area contributed by atoms with Gasteiger partial charge in [-0.3, -0.25) is 14.8 Å². The Morgan fingerprint density at radius 1 is 1.24 bits per heavy atom. The van der Waals surface area contributed by atoms with Crippen LogP contribution in [0.2, 0.25) is 0 Å². The summed E-state index contributed by atoms with van der Waals surface area (Å²) in [7, 11) is 0. The van der Waals surface area contributed by atoms with E-state index < -0.39 is 35.2 Å². The maximum absolute atomic E-state index is 15.3. The maximum atomic E-state index is 15.3. The Kier molecular flexibility index (Phi) is 6.42. The van der Waals surface area contributed by atoms with Crippen LogP contribution in [0.25, 0.3) is 16.0 Å². The minimum Gasteiger partial charge on any atom is -0.443 e. The van der Waals surface area contributed by atoms with E-state index in [2.05, 4.69) is 15.0 Å². The van der Waals surface area contributed by atoms with E-state index in [4.69, 9.17) is 25.3 Å². The van der Waals surface area contributed by atoms with Gasteiger partial charge >= 0.3 is 12.2 Å². The summed E-state index contributed by atoms with van der Waals surface area (Å²) < 4.78 is 36.6. The zero-order valence-electron chi connectivity index (χ0n) is 22.7. The van der Waals surface area contributed by atoms with Gasteiger partial charge < -0.3 is 23.6 Å². The molecular formula is C29H28FN5O6. The molecule has 1 unspecified atom stereocenters. The van der Waals surface area contributed by atoms with Crippen molar-refractivity contribution in [2.24, 2.45) is 11.8 Å². The molecule has 3 fully saturated rings. The molecule has 4 heterocycles. The summed E-state index contributed by atoms with van der Waals surface area (Å²) in [4.78, 5) is 36.5. The molecule has 0 N–H and O–H groups in total. The fraction of sp³-hybridized carbons (Fsp3) is 0.414. The van der Waals surface area contributed by atoms with Crippen LogP contribution in [0, 0.1) is 24.2 Å². The number of amides is 2. The van der Waals surface area contributed by atoms with E-state index in [1.54, 1.807) is 51.2 Å². The van der Waals surface area contributed by atoms with Crippen molar-refractivity contribution < 1.29 is 32.7 Å². The summed E-state index contributed by atoms with van der Waals surface area (Å²) in [5.74, 6) is -0.0108. The molecule has 11 nitrogen and oxygen atoms in total. The van der Waals surface area contributed by atoms with Crippen molar-refractivity contribution in [3.63, 3.8) is 0 Å². The van der Waals surface area contributed by atoms with Gasteiger partial charge in [0.25, 0.3) is 5.54 Å². The third-order valence-electron chi connectivity index (χ3n) is 7.61. The molecule has 3 aliphatic rings. The van der Waals surface area contributed by atoms with Crippen molar-refractivity contribution in [2.45, 2.75) is 38.0 Å². The highest BCUT2D eigenvalue weighted by atomic mass is 19.1. The van der Waals surface area contributed by atoms with Crippen LogP contribution in [0.1, 0.15) is 26.5 Å². The maximum Gasteiger partial charge on any atom is 0.416 e. The molecule has 1 aromatic carbocycles. The first-order valence-electron chi connectivity index (χ1n) is 13.2. The van der Waals surface area contributed by atoms with Gasteiger partial charge in [-0.25, -0.2) is 20.6 Å². The van der Waals surface area contributed by atoms with Crippen molar-refractivity contribution in [1.29, 1.82) is 0 Å². The molecule has 0 radical (unpaired) electrons. The molecule has 2 amide bonds. The molecule has 41 heavy (non-hydrogen) atoms. The van der Waals surface area contributed by atoms with Crippen molar-refractivity contribution in [3.8, 4) is 11.1 Å². The van der Waals surface area contributed by atoms with Crippen LogP contribution in [-0.2, 0) is 19.7 Å². The molecule has 12 heteroatoms. The number of fused-ring (bicyclic) bond motifs is 1. The first-order valence-corrected chi connectivity index (χ1v) is 13.2. The minimum absolute atomic E-state index is 0.0395. The third kappa shape index (κ3) is 4.76. The number of benzene rings is 1. The quantitative estimate of drug-likeness (QED) is 0.385. The second kappa shape index (κ2) is 9.85. The zero-order chi connectivity index (χ0) is 28.9. The van der Waals surface area contributed by atoms with E-state index >= 15 is 4.39 Å². The number of hydrogen-bond donors (Lipinski definition) is 0. The van der Waals surface area contributed by atoms with Crippen molar-refractivity contribution >= 4 is 23.7 Å². The van der Waals surface area contributed by atoms with Crippen LogP contribution in [-0.4, -0.2) is 60.3 Å². The van der Waals surface area contributed by atoms with E-state index in [1.165, 1.54) is 28.2 Å². The molecule has 3 aromatic rings. The Labute approximate surface area is 235 Å². The summed E-state index contributed by atoms with van der Waals surface area (Å²) in [6.07, 6.45) is 0.831. The van der Waals surface area contributed by atoms with Gasteiger partial charge in [0.05, 0.1) is 43.8 Å². The van der Waals surface area contributed by atoms with Crippen LogP contribution >= 0.6 is 0 Å². The molecule has 2 saturated heterocycles. The highest BCUT2D eigenvalue weighted by molar-refractivity contribution is 5.91. The highest BCUT2D eigenvalue weighted by Gasteiger charge is 2.77. The van der Waals surface area contributed by atoms with Gasteiger partial charge in [0.15, 0.2) is 5.82 Å². The highest BCUT2D eigenvalue weighted by Crippen LogP contribution is 2.63. The first kappa shape index (κ1) is 26.7. The summed E-state index contributed by atoms with van der Waals surface area (Å²) in [5, 5.41) is 3.82. The number of carbonyl (C=O) groups excluding carboxylic acids is 2. The molecule has 0 spiro atoms. The van der Waals surface area contributed by atoms with Crippen LogP contribution in [0.5, 0.6) is 0 Å². The molecule has 212 valence electrons. The van der Waals surface area contributed by atoms with Gasteiger partial charge in [-0.2, -0.15) is 0 Å². The molecule has 2 aliphatic heterocycles. The number of hydrogen-bond acceptors (Lipinski definition) is 8. The van der Waals surface area contributed by atoms with Gasteiger partial charge in [-0.05, 0) is 45.0 Å². The fourth-order valence-corrected chi connectivity index (χ4v) is 5.58. The van der Waals surface area contributed by atoms with Crippen LogP contribution < -0.4 is 9.80 Å². The number of nitrogens with zero attached hydrogens (tertiary/aromatic N) is 5. The molecule has 4 atom stereocenters. The average molecular weight is 562 g/mol. The number of pyridine rings is 1. The van der Waals surface area contributed by atoms with Crippen molar-refractivity contribution in [1.82, 2.24) is 10.1 Å². The number of halogens is 1. The topological polar surface area (TPSA) is 112 Å². The lowest BCUT2D eigenvalue weighted by atomic mass is 10.0. The second-order valence-corrected chi connectivity index (χ2v) is 11.3. The van der Waals surface area contributed by atoms with E-state index in [0.717, 1.165) is 0 Å². The lowest BCUT2D eigenvalue weighted by molar-refractivity contribution is 0.0556. The Balaban J connectivity index is 1.16. The Bertz CT molecular complexity index is 1500. The summed E-state index contributed by atoms with van der Waals surface area (Å²) in [6, 6.07) is 9.51. The van der Waals surface area contributed by atoms with E-state index in [-0.39, 0.29) is 30.7 Å². The molecular weight excluding hydrogens is 533 g/mol. The molecule has 1 aliphatic carbocycles. The van der Waals surface area contributed by atoms with E-state index in [0.29, 0.717) is 35.7 Å². The number of cyclic esters (lactones) is 1. The summed E-state index contributed by atoms with van der Waals surface area (Å²) in [5.41, 5.74) is 0.475. The number of rotatable bonds is 6. The Morgan fingerprint density at radius 2 is 2.02 bits per heavy atom. The monoisotopic (exact) mass is 561 g/mol. The van der Waals surface area contributed by atoms with Gasteiger partial charge in [-0.1, -0.05) is 11.2 Å². The Morgan fingerprint density at radius 3 is 2.63 bits per heavy atom. The molecule has 1 saturated carbocycles. The molecule has 2 aromatic heterocycles. The SMILES string of the molecule is [C-]#[N+]C1(c2ccc(-c3ccc(N4C[C@H](CN(C(=O)OC(C)(C)C)c5ccon5)OC4=O)cc3F)cn2)[C@@H]2COC[C@@H]21. The molecule has 6 rings (SSSR count). The van der Waals surface area contributed by atoms with Gasteiger partial charge in [0.1, 0.15) is 29.5 Å². The van der Waals surface area contributed by atoms with Crippen LogP contribution in [0.4, 0.5) is 25.5 Å². The van der Waals surface area contributed by atoms with Gasteiger partial charge in [-0.15, -0.1) is 0 Å². The summed E-state index contributed by atoms with van der Waals surface area (Å²) >= 11 is 0. The predicted molar refractivity (Wildman–Crippen MR) is 143 cm³/mol. The fourth-order valence-electron chi connectivity index (χ4n) is 5.58. The van der Waals surface area contributed by atoms with Crippen LogP contribution in [0.3, 0.4) is 0 Å². The average Bonchev–Trinajstić information content (AvgIpc) is 3.47. The minimum atomic E-state index is -0.753.